The van der Waals surface area contributed by atoms with Crippen molar-refractivity contribution >= 4 is 11.6 Å². The molecule has 0 bridgehead atoms. The van der Waals surface area contributed by atoms with E-state index in [0.717, 1.165) is 38.0 Å². The first-order valence-corrected chi connectivity index (χ1v) is 11.0. The van der Waals surface area contributed by atoms with Gasteiger partial charge in [0.15, 0.2) is 0 Å². The van der Waals surface area contributed by atoms with Crippen LogP contribution in [0.15, 0.2) is 79.1 Å². The van der Waals surface area contributed by atoms with Gasteiger partial charge in [-0.05, 0) is 61.2 Å². The molecule has 1 atom stereocenters. The highest BCUT2D eigenvalue weighted by molar-refractivity contribution is 5.94. The molecule has 5 nitrogen and oxygen atoms in total. The third kappa shape index (κ3) is 5.70. The van der Waals surface area contributed by atoms with Gasteiger partial charge < -0.3 is 15.5 Å². The van der Waals surface area contributed by atoms with E-state index in [-0.39, 0.29) is 11.9 Å². The van der Waals surface area contributed by atoms with Crippen LogP contribution < -0.4 is 15.5 Å². The van der Waals surface area contributed by atoms with Crippen LogP contribution in [0.1, 0.15) is 47.3 Å². The summed E-state index contributed by atoms with van der Waals surface area (Å²) in [7, 11) is 0. The molecule has 2 N–H and O–H groups in total. The third-order valence-corrected chi connectivity index (χ3v) is 5.95. The quantitative estimate of drug-likeness (QED) is 0.604. The van der Waals surface area contributed by atoms with Gasteiger partial charge in [-0.1, -0.05) is 36.4 Å². The Morgan fingerprint density at radius 1 is 1.03 bits per heavy atom. The molecule has 0 aliphatic carbocycles. The van der Waals surface area contributed by atoms with Crippen molar-refractivity contribution in [3.05, 3.63) is 95.8 Å². The van der Waals surface area contributed by atoms with Crippen molar-refractivity contribution in [3.8, 4) is 0 Å². The maximum Gasteiger partial charge on any atom is 0.251 e. The molecule has 1 aliphatic heterocycles. The fraction of sp³-hybridized carbons (Fsp3) is 0.308. The van der Waals surface area contributed by atoms with Crippen molar-refractivity contribution in [1.29, 1.82) is 0 Å². The zero-order valence-corrected chi connectivity index (χ0v) is 18.0. The van der Waals surface area contributed by atoms with E-state index in [1.54, 1.807) is 6.20 Å². The Balaban J connectivity index is 1.26. The second kappa shape index (κ2) is 10.2. The monoisotopic (exact) mass is 414 g/mol. The lowest BCUT2D eigenvalue weighted by Crippen LogP contribution is -2.42. The van der Waals surface area contributed by atoms with Gasteiger partial charge in [0.1, 0.15) is 0 Å². The number of piperidine rings is 1. The Morgan fingerprint density at radius 2 is 1.77 bits per heavy atom. The fourth-order valence-electron chi connectivity index (χ4n) is 4.04. The van der Waals surface area contributed by atoms with Crippen LogP contribution in [0.2, 0.25) is 0 Å². The van der Waals surface area contributed by atoms with Crippen molar-refractivity contribution in [2.24, 2.45) is 0 Å². The standard InChI is InChI=1S/C26H30N4O/c1-20(22-7-3-2-4-8-22)29-26(31)23-9-11-25(12-10-23)30-16-13-24(14-17-30)28-19-21-6-5-15-27-18-21/h2-12,15,18,20,24,28H,13-14,16-17,19H2,1H3,(H,29,31). The van der Waals surface area contributed by atoms with Gasteiger partial charge in [-0.2, -0.15) is 0 Å². The highest BCUT2D eigenvalue weighted by Crippen LogP contribution is 2.21. The summed E-state index contributed by atoms with van der Waals surface area (Å²) in [5, 5.41) is 6.73. The average molecular weight is 415 g/mol. The van der Waals surface area contributed by atoms with Crippen molar-refractivity contribution in [2.45, 2.75) is 38.4 Å². The molecule has 0 saturated carbocycles. The number of amides is 1. The molecule has 5 heteroatoms. The van der Waals surface area contributed by atoms with E-state index in [2.05, 4.69) is 38.7 Å². The van der Waals surface area contributed by atoms with Gasteiger partial charge in [0.25, 0.3) is 5.91 Å². The summed E-state index contributed by atoms with van der Waals surface area (Å²) in [6.45, 7) is 4.90. The number of nitrogens with zero attached hydrogens (tertiary/aromatic N) is 2. The number of carbonyl (C=O) groups is 1. The van der Waals surface area contributed by atoms with E-state index in [4.69, 9.17) is 0 Å². The lowest BCUT2D eigenvalue weighted by molar-refractivity contribution is 0.0940. The zero-order chi connectivity index (χ0) is 21.5. The fourth-order valence-corrected chi connectivity index (χ4v) is 4.04. The van der Waals surface area contributed by atoms with Crippen molar-refractivity contribution in [2.75, 3.05) is 18.0 Å². The molecule has 2 heterocycles. The number of hydrogen-bond donors (Lipinski definition) is 2. The number of pyridine rings is 1. The van der Waals surface area contributed by atoms with Crippen LogP contribution in [0.5, 0.6) is 0 Å². The third-order valence-electron chi connectivity index (χ3n) is 5.95. The Hall–Kier alpha value is -3.18. The summed E-state index contributed by atoms with van der Waals surface area (Å²) < 4.78 is 0. The van der Waals surface area contributed by atoms with E-state index in [1.165, 1.54) is 11.3 Å². The van der Waals surface area contributed by atoms with Gasteiger partial charge in [-0.3, -0.25) is 9.78 Å². The summed E-state index contributed by atoms with van der Waals surface area (Å²) >= 11 is 0. The Bertz CT molecular complexity index is 952. The van der Waals surface area contributed by atoms with Crippen LogP contribution in [0.25, 0.3) is 0 Å². The predicted molar refractivity (Wildman–Crippen MR) is 125 cm³/mol. The van der Waals surface area contributed by atoms with E-state index < -0.39 is 0 Å². The molecular weight excluding hydrogens is 384 g/mol. The molecule has 2 aromatic carbocycles. The minimum absolute atomic E-state index is 0.0217. The van der Waals surface area contributed by atoms with E-state index in [1.807, 2.05) is 61.7 Å². The van der Waals surface area contributed by atoms with Crippen molar-refractivity contribution in [3.63, 3.8) is 0 Å². The number of rotatable bonds is 7. The first-order valence-electron chi connectivity index (χ1n) is 11.0. The highest BCUT2D eigenvalue weighted by atomic mass is 16.1. The Kier molecular flexibility index (Phi) is 6.95. The molecule has 0 spiro atoms. The van der Waals surface area contributed by atoms with Gasteiger partial charge >= 0.3 is 0 Å². The smallest absolute Gasteiger partial charge is 0.251 e. The van der Waals surface area contributed by atoms with E-state index in [0.29, 0.717) is 11.6 Å². The summed E-state index contributed by atoms with van der Waals surface area (Å²) in [5.41, 5.74) is 4.20. The van der Waals surface area contributed by atoms with Crippen LogP contribution in [0, 0.1) is 0 Å². The molecule has 1 fully saturated rings. The summed E-state index contributed by atoms with van der Waals surface area (Å²) in [6, 6.07) is 22.6. The maximum atomic E-state index is 12.6. The van der Waals surface area contributed by atoms with Gasteiger partial charge in [0.2, 0.25) is 0 Å². The molecular formula is C26H30N4O. The molecule has 31 heavy (non-hydrogen) atoms. The molecule has 3 aromatic rings. The molecule has 1 aliphatic rings. The molecule has 1 amide bonds. The topological polar surface area (TPSA) is 57.3 Å². The summed E-state index contributed by atoms with van der Waals surface area (Å²) in [4.78, 5) is 19.2. The van der Waals surface area contributed by atoms with Crippen LogP contribution in [0.3, 0.4) is 0 Å². The number of nitrogens with one attached hydrogen (secondary N) is 2. The second-order valence-corrected chi connectivity index (χ2v) is 8.16. The molecule has 4 rings (SSSR count). The van der Waals surface area contributed by atoms with Gasteiger partial charge in [-0.25, -0.2) is 0 Å². The van der Waals surface area contributed by atoms with Gasteiger partial charge in [0, 0.05) is 49.3 Å². The zero-order valence-electron chi connectivity index (χ0n) is 18.0. The van der Waals surface area contributed by atoms with Crippen molar-refractivity contribution < 1.29 is 4.79 Å². The number of hydrogen-bond acceptors (Lipinski definition) is 4. The van der Waals surface area contributed by atoms with Crippen LogP contribution >= 0.6 is 0 Å². The van der Waals surface area contributed by atoms with Crippen LogP contribution in [-0.2, 0) is 6.54 Å². The molecule has 160 valence electrons. The minimum atomic E-state index is -0.0405. The van der Waals surface area contributed by atoms with Crippen LogP contribution in [0.4, 0.5) is 5.69 Å². The van der Waals surface area contributed by atoms with Crippen LogP contribution in [-0.4, -0.2) is 30.0 Å². The van der Waals surface area contributed by atoms with E-state index in [9.17, 15) is 4.79 Å². The molecule has 1 unspecified atom stereocenters. The molecule has 0 radical (unpaired) electrons. The highest BCUT2D eigenvalue weighted by Gasteiger charge is 2.19. The SMILES string of the molecule is CC(NC(=O)c1ccc(N2CCC(NCc3cccnc3)CC2)cc1)c1ccccc1. The molecule has 1 aromatic heterocycles. The number of anilines is 1. The average Bonchev–Trinajstić information content (AvgIpc) is 2.84. The van der Waals surface area contributed by atoms with Gasteiger partial charge in [-0.15, -0.1) is 0 Å². The predicted octanol–water partition coefficient (Wildman–Crippen LogP) is 4.33. The number of aromatic nitrogens is 1. The molecule has 1 saturated heterocycles. The first-order chi connectivity index (χ1) is 15.2. The lowest BCUT2D eigenvalue weighted by Gasteiger charge is -2.34. The second-order valence-electron chi connectivity index (χ2n) is 8.16. The number of benzene rings is 2. The summed E-state index contributed by atoms with van der Waals surface area (Å²) in [6.07, 6.45) is 5.94. The van der Waals surface area contributed by atoms with E-state index >= 15 is 0 Å². The minimum Gasteiger partial charge on any atom is -0.371 e. The normalized spacial score (nSPS) is 15.5. The Labute approximate surface area is 184 Å². The maximum absolute atomic E-state index is 12.6. The Morgan fingerprint density at radius 3 is 2.45 bits per heavy atom. The van der Waals surface area contributed by atoms with Gasteiger partial charge in [0.05, 0.1) is 6.04 Å². The largest absolute Gasteiger partial charge is 0.371 e. The number of carbonyl (C=O) groups excluding carboxylic acids is 1. The lowest BCUT2D eigenvalue weighted by atomic mass is 10.0. The summed E-state index contributed by atoms with van der Waals surface area (Å²) in [5.74, 6) is -0.0405. The van der Waals surface area contributed by atoms with Crippen molar-refractivity contribution in [1.82, 2.24) is 15.6 Å². The first kappa shape index (κ1) is 21.1.